The van der Waals surface area contributed by atoms with Crippen molar-refractivity contribution >= 4 is 5.97 Å². The maximum atomic E-state index is 10.6. The number of aliphatic hydroxyl groups is 4. The highest BCUT2D eigenvalue weighted by atomic mass is 16.6. The smallest absolute Gasteiger partial charge is 0.320 e. The van der Waals surface area contributed by atoms with Gasteiger partial charge in [-0.15, -0.1) is 0 Å². The molecule has 0 aromatic heterocycles. The van der Waals surface area contributed by atoms with Crippen molar-refractivity contribution in [2.45, 2.75) is 43.6 Å². The number of carboxylic acid groups (broad SMARTS) is 1. The van der Waals surface area contributed by atoms with Crippen LogP contribution in [0.5, 0.6) is 0 Å². The minimum Gasteiger partial charge on any atom is -0.480 e. The average molecular weight is 251 g/mol. The Bertz CT molecular complexity index is 272. The van der Waals surface area contributed by atoms with E-state index in [-0.39, 0.29) is 0 Å². The van der Waals surface area contributed by atoms with Gasteiger partial charge in [-0.2, -0.15) is 0 Å². The van der Waals surface area contributed by atoms with Gasteiger partial charge in [0, 0.05) is 0 Å². The molecule has 0 radical (unpaired) electrons. The summed E-state index contributed by atoms with van der Waals surface area (Å²) in [5.41, 5.74) is 0. The molecular formula is C9H17NO7. The molecule has 8 heteroatoms. The zero-order chi connectivity index (χ0) is 13.2. The second-order valence-electron chi connectivity index (χ2n) is 3.98. The molecule has 8 nitrogen and oxygen atoms in total. The largest absolute Gasteiger partial charge is 0.480 e. The summed E-state index contributed by atoms with van der Waals surface area (Å²) < 4.78 is 5.07. The zero-order valence-electron chi connectivity index (χ0n) is 9.22. The predicted molar refractivity (Wildman–Crippen MR) is 54.0 cm³/mol. The number of hydrogen-bond acceptors (Lipinski definition) is 7. The Morgan fingerprint density at radius 3 is 2.35 bits per heavy atom. The van der Waals surface area contributed by atoms with Crippen molar-refractivity contribution in [1.29, 1.82) is 0 Å². The van der Waals surface area contributed by atoms with Crippen LogP contribution in [0.25, 0.3) is 0 Å². The Labute approximate surface area is 97.4 Å². The van der Waals surface area contributed by atoms with Crippen molar-refractivity contribution in [3.05, 3.63) is 0 Å². The molecule has 0 amide bonds. The lowest BCUT2D eigenvalue weighted by Gasteiger charge is -2.40. The Kier molecular flexibility index (Phi) is 4.80. The lowest BCUT2D eigenvalue weighted by Crippen LogP contribution is -2.64. The van der Waals surface area contributed by atoms with E-state index in [0.717, 1.165) is 0 Å². The Morgan fingerprint density at radius 1 is 1.29 bits per heavy atom. The third kappa shape index (κ3) is 3.12. The van der Waals surface area contributed by atoms with Gasteiger partial charge in [-0.1, -0.05) is 0 Å². The average Bonchev–Trinajstić information content (AvgIpc) is 2.29. The number of carbonyl (C=O) groups is 1. The van der Waals surface area contributed by atoms with Crippen molar-refractivity contribution in [2.24, 2.45) is 0 Å². The summed E-state index contributed by atoms with van der Waals surface area (Å²) in [6, 6.07) is -1.00. The van der Waals surface area contributed by atoms with Crippen molar-refractivity contribution < 1.29 is 35.1 Å². The molecule has 0 spiro atoms. The maximum Gasteiger partial charge on any atom is 0.320 e. The van der Waals surface area contributed by atoms with E-state index < -0.39 is 49.3 Å². The molecule has 0 unspecified atom stereocenters. The number of rotatable bonds is 4. The van der Waals surface area contributed by atoms with Crippen LogP contribution in [0.3, 0.4) is 0 Å². The Morgan fingerprint density at radius 2 is 1.88 bits per heavy atom. The third-order valence-electron chi connectivity index (χ3n) is 2.68. The van der Waals surface area contributed by atoms with E-state index in [2.05, 4.69) is 5.32 Å². The molecule has 0 bridgehead atoms. The van der Waals surface area contributed by atoms with Crippen molar-refractivity contribution in [1.82, 2.24) is 5.32 Å². The highest BCUT2D eigenvalue weighted by Crippen LogP contribution is 2.19. The summed E-state index contributed by atoms with van der Waals surface area (Å²) in [4.78, 5) is 10.6. The standard InChI is InChI=1S/C9H17NO7/c1-3(9(15)16)10-8-7(14)6(13)5(12)4(2-11)17-8/h3-8,10-14H,2H2,1H3,(H,15,16)/t3-,4+,5-,6-,7+,8-/m0/s1. The molecule has 1 aliphatic heterocycles. The maximum absolute atomic E-state index is 10.6. The molecule has 1 saturated heterocycles. The van der Waals surface area contributed by atoms with E-state index in [1.165, 1.54) is 6.92 Å². The van der Waals surface area contributed by atoms with E-state index in [4.69, 9.17) is 14.9 Å². The van der Waals surface area contributed by atoms with Gasteiger partial charge in [0.15, 0.2) is 0 Å². The van der Waals surface area contributed by atoms with Crippen LogP contribution in [0.1, 0.15) is 6.92 Å². The summed E-state index contributed by atoms with van der Waals surface area (Å²) in [5, 5.41) is 48.5. The molecular weight excluding hydrogens is 234 g/mol. The van der Waals surface area contributed by atoms with Gasteiger partial charge in [-0.05, 0) is 6.92 Å². The highest BCUT2D eigenvalue weighted by Gasteiger charge is 2.43. The number of aliphatic hydroxyl groups excluding tert-OH is 4. The van der Waals surface area contributed by atoms with Gasteiger partial charge in [-0.25, -0.2) is 0 Å². The molecule has 1 rings (SSSR count). The summed E-state index contributed by atoms with van der Waals surface area (Å²) in [6.07, 6.45) is -6.66. The second kappa shape index (κ2) is 5.71. The van der Waals surface area contributed by atoms with E-state index in [0.29, 0.717) is 0 Å². The van der Waals surface area contributed by atoms with E-state index >= 15 is 0 Å². The van der Waals surface area contributed by atoms with Gasteiger partial charge in [0.25, 0.3) is 0 Å². The molecule has 1 fully saturated rings. The fourth-order valence-electron chi connectivity index (χ4n) is 1.56. The van der Waals surface area contributed by atoms with Crippen LogP contribution in [-0.2, 0) is 9.53 Å². The Hall–Kier alpha value is -0.770. The first-order valence-corrected chi connectivity index (χ1v) is 5.17. The minimum atomic E-state index is -1.51. The predicted octanol–water partition coefficient (Wildman–Crippen LogP) is -3.15. The van der Waals surface area contributed by atoms with Gasteiger partial charge in [0.1, 0.15) is 36.7 Å². The third-order valence-corrected chi connectivity index (χ3v) is 2.68. The van der Waals surface area contributed by atoms with Gasteiger partial charge in [0.05, 0.1) is 6.61 Å². The molecule has 17 heavy (non-hydrogen) atoms. The normalized spacial score (nSPS) is 39.9. The Balaban J connectivity index is 2.68. The van der Waals surface area contributed by atoms with Crippen molar-refractivity contribution in [2.75, 3.05) is 6.61 Å². The number of ether oxygens (including phenoxy) is 1. The van der Waals surface area contributed by atoms with E-state index in [9.17, 15) is 20.1 Å². The molecule has 1 heterocycles. The molecule has 1 aliphatic rings. The molecule has 6 N–H and O–H groups in total. The molecule has 0 aliphatic carbocycles. The zero-order valence-corrected chi connectivity index (χ0v) is 9.22. The van der Waals surface area contributed by atoms with E-state index in [1.807, 2.05) is 0 Å². The van der Waals surface area contributed by atoms with E-state index in [1.54, 1.807) is 0 Å². The van der Waals surface area contributed by atoms with Crippen LogP contribution >= 0.6 is 0 Å². The van der Waals surface area contributed by atoms with Crippen LogP contribution in [-0.4, -0.2) is 74.8 Å². The molecule has 0 aromatic rings. The summed E-state index contributed by atoms with van der Waals surface area (Å²) in [6.45, 7) is 0.786. The topological polar surface area (TPSA) is 139 Å². The first-order chi connectivity index (χ1) is 7.88. The van der Waals surface area contributed by atoms with Crippen LogP contribution in [0.15, 0.2) is 0 Å². The summed E-state index contributed by atoms with van der Waals surface area (Å²) in [7, 11) is 0. The molecule has 100 valence electrons. The highest BCUT2D eigenvalue weighted by molar-refractivity contribution is 5.72. The van der Waals surface area contributed by atoms with Crippen LogP contribution < -0.4 is 5.32 Å². The number of nitrogens with one attached hydrogen (secondary N) is 1. The summed E-state index contributed by atoms with van der Waals surface area (Å²) >= 11 is 0. The van der Waals surface area contributed by atoms with Crippen LogP contribution in [0.2, 0.25) is 0 Å². The van der Waals surface area contributed by atoms with Gasteiger partial charge in [-0.3, -0.25) is 10.1 Å². The number of carboxylic acids is 1. The number of aliphatic carboxylic acids is 1. The van der Waals surface area contributed by atoms with Crippen molar-refractivity contribution in [3.63, 3.8) is 0 Å². The molecule has 6 atom stereocenters. The van der Waals surface area contributed by atoms with Gasteiger partial charge in [0.2, 0.25) is 0 Å². The molecule has 0 saturated carbocycles. The first-order valence-electron chi connectivity index (χ1n) is 5.17. The fraction of sp³-hybridized carbons (Fsp3) is 0.889. The minimum absolute atomic E-state index is 0.551. The number of hydrogen-bond donors (Lipinski definition) is 6. The van der Waals surface area contributed by atoms with Crippen LogP contribution in [0, 0.1) is 0 Å². The van der Waals surface area contributed by atoms with Crippen LogP contribution in [0.4, 0.5) is 0 Å². The second-order valence-corrected chi connectivity index (χ2v) is 3.98. The SMILES string of the molecule is C[C@H](N[C@H]1O[C@H](CO)[C@H](O)[C@H](O)[C@H]1O)C(=O)O. The van der Waals surface area contributed by atoms with Crippen molar-refractivity contribution in [3.8, 4) is 0 Å². The first kappa shape index (κ1) is 14.3. The lowest BCUT2D eigenvalue weighted by atomic mass is 9.98. The summed E-state index contributed by atoms with van der Waals surface area (Å²) in [5.74, 6) is -1.15. The lowest BCUT2D eigenvalue weighted by molar-refractivity contribution is -0.238. The molecule has 0 aromatic carbocycles. The van der Waals surface area contributed by atoms with Gasteiger partial charge >= 0.3 is 5.97 Å². The monoisotopic (exact) mass is 251 g/mol. The van der Waals surface area contributed by atoms with Gasteiger partial charge < -0.3 is 30.3 Å². The fourth-order valence-corrected chi connectivity index (χ4v) is 1.56. The quantitative estimate of drug-likeness (QED) is 0.308.